The summed E-state index contributed by atoms with van der Waals surface area (Å²) < 4.78 is 30.6. The molecule has 5 rings (SSSR count). The van der Waals surface area contributed by atoms with Gasteiger partial charge in [-0.3, -0.25) is 9.48 Å². The van der Waals surface area contributed by atoms with Crippen LogP contribution in [0.25, 0.3) is 5.65 Å². The van der Waals surface area contributed by atoms with E-state index < -0.39 is 18.0 Å². The molecule has 0 radical (unpaired) electrons. The van der Waals surface area contributed by atoms with Crippen molar-refractivity contribution in [3.63, 3.8) is 0 Å². The Labute approximate surface area is 202 Å². The van der Waals surface area contributed by atoms with Crippen molar-refractivity contribution in [2.24, 2.45) is 5.92 Å². The first-order valence-electron chi connectivity index (χ1n) is 12.4. The third-order valence-electron chi connectivity index (χ3n) is 7.37. The number of carbonyl (C=O) groups is 1. The van der Waals surface area contributed by atoms with Crippen LogP contribution in [0.2, 0.25) is 0 Å². The van der Waals surface area contributed by atoms with Gasteiger partial charge in [-0.2, -0.15) is 10.2 Å². The average Bonchev–Trinajstić information content (AvgIpc) is 3.49. The molecule has 35 heavy (non-hydrogen) atoms. The highest BCUT2D eigenvalue weighted by atomic mass is 19.3. The summed E-state index contributed by atoms with van der Waals surface area (Å²) in [7, 11) is 0. The Hall–Kier alpha value is -3.08. The van der Waals surface area contributed by atoms with Crippen molar-refractivity contribution in [2.45, 2.75) is 70.4 Å². The Morgan fingerprint density at radius 3 is 2.63 bits per heavy atom. The van der Waals surface area contributed by atoms with Crippen molar-refractivity contribution in [2.75, 3.05) is 23.3 Å². The number of nitrogens with one attached hydrogen (secondary N) is 1. The minimum Gasteiger partial charge on any atom is -0.393 e. The van der Waals surface area contributed by atoms with Crippen molar-refractivity contribution >= 4 is 23.1 Å². The summed E-state index contributed by atoms with van der Waals surface area (Å²) in [5, 5.41) is 20.7. The van der Waals surface area contributed by atoms with Gasteiger partial charge in [0.05, 0.1) is 24.0 Å². The zero-order valence-corrected chi connectivity index (χ0v) is 19.8. The fourth-order valence-corrected chi connectivity index (χ4v) is 5.15. The van der Waals surface area contributed by atoms with Crippen LogP contribution in [0.3, 0.4) is 0 Å². The number of anilines is 2. The third-order valence-corrected chi connectivity index (χ3v) is 7.37. The predicted octanol–water partition coefficient (Wildman–Crippen LogP) is 4.22. The molecule has 3 aromatic rings. The Morgan fingerprint density at radius 2 is 1.94 bits per heavy atom. The van der Waals surface area contributed by atoms with Crippen LogP contribution in [0.4, 0.5) is 20.3 Å². The molecule has 1 saturated heterocycles. The zero-order valence-electron chi connectivity index (χ0n) is 19.8. The van der Waals surface area contributed by atoms with Gasteiger partial charge in [0, 0.05) is 25.5 Å². The molecule has 1 aliphatic carbocycles. The fourth-order valence-electron chi connectivity index (χ4n) is 5.15. The van der Waals surface area contributed by atoms with Crippen LogP contribution in [0.15, 0.2) is 24.7 Å². The van der Waals surface area contributed by atoms with Gasteiger partial charge in [0.1, 0.15) is 11.4 Å². The van der Waals surface area contributed by atoms with Crippen LogP contribution in [0.5, 0.6) is 0 Å². The first-order valence-corrected chi connectivity index (χ1v) is 12.4. The van der Waals surface area contributed by atoms with E-state index in [0.717, 1.165) is 32.1 Å². The van der Waals surface area contributed by atoms with Crippen molar-refractivity contribution < 1.29 is 18.7 Å². The minimum atomic E-state index is -2.80. The Balaban J connectivity index is 1.37. The number of fused-ring (bicyclic) bond motifs is 1. The molecule has 0 aromatic carbocycles. The molecule has 1 saturated carbocycles. The van der Waals surface area contributed by atoms with Crippen molar-refractivity contribution in [1.29, 1.82) is 0 Å². The maximum Gasteiger partial charge on any atom is 0.284 e. The summed E-state index contributed by atoms with van der Waals surface area (Å²) >= 11 is 0. The van der Waals surface area contributed by atoms with Gasteiger partial charge in [0.25, 0.3) is 12.3 Å². The standard InChI is InChI=1S/C24H31F2N7O2/c1-2-15-3-5-16(6-4-15)33-14-19(21(30-33)22(25)26)28-24(35)18-13-27-32-12-9-20(29-23(18)32)31-10-7-17(34)8-11-31/h9,12-17,22,34H,2-8,10-11H2,1H3,(H,28,35). The lowest BCUT2D eigenvalue weighted by Crippen LogP contribution is -2.36. The quantitative estimate of drug-likeness (QED) is 0.540. The van der Waals surface area contributed by atoms with Gasteiger partial charge in [-0.15, -0.1) is 0 Å². The number of hydrogen-bond donors (Lipinski definition) is 2. The molecule has 0 atom stereocenters. The number of alkyl halides is 2. The summed E-state index contributed by atoms with van der Waals surface area (Å²) in [6.45, 7) is 3.50. The monoisotopic (exact) mass is 487 g/mol. The van der Waals surface area contributed by atoms with Gasteiger partial charge in [-0.25, -0.2) is 18.3 Å². The number of piperidine rings is 1. The van der Waals surface area contributed by atoms with Crippen LogP contribution in [0, 0.1) is 5.92 Å². The van der Waals surface area contributed by atoms with Gasteiger partial charge < -0.3 is 15.3 Å². The predicted molar refractivity (Wildman–Crippen MR) is 127 cm³/mol. The molecule has 2 aliphatic rings. The number of hydrogen-bond acceptors (Lipinski definition) is 6. The van der Waals surface area contributed by atoms with Crippen molar-refractivity contribution in [3.05, 3.63) is 35.9 Å². The topological polar surface area (TPSA) is 101 Å². The summed E-state index contributed by atoms with van der Waals surface area (Å²) in [6.07, 6.45) is 7.85. The summed E-state index contributed by atoms with van der Waals surface area (Å²) in [5.74, 6) is 0.802. The van der Waals surface area contributed by atoms with Gasteiger partial charge in [0.15, 0.2) is 11.3 Å². The Morgan fingerprint density at radius 1 is 1.20 bits per heavy atom. The number of rotatable bonds is 6. The lowest BCUT2D eigenvalue weighted by Gasteiger charge is -2.30. The van der Waals surface area contributed by atoms with E-state index in [2.05, 4.69) is 27.4 Å². The van der Waals surface area contributed by atoms with Gasteiger partial charge in [-0.05, 0) is 50.5 Å². The average molecular weight is 488 g/mol. The van der Waals surface area contributed by atoms with Crippen molar-refractivity contribution in [3.8, 4) is 0 Å². The molecular formula is C24H31F2N7O2. The molecule has 2 fully saturated rings. The first kappa shape index (κ1) is 23.7. The lowest BCUT2D eigenvalue weighted by atomic mass is 9.85. The van der Waals surface area contributed by atoms with Gasteiger partial charge >= 0.3 is 0 Å². The Kier molecular flexibility index (Phi) is 6.68. The van der Waals surface area contributed by atoms with E-state index in [1.165, 1.54) is 16.9 Å². The molecule has 3 aromatic heterocycles. The molecule has 0 unspecified atom stereocenters. The number of nitrogens with zero attached hydrogens (tertiary/aromatic N) is 6. The second-order valence-corrected chi connectivity index (χ2v) is 9.58. The molecule has 1 amide bonds. The second-order valence-electron chi connectivity index (χ2n) is 9.58. The summed E-state index contributed by atoms with van der Waals surface area (Å²) in [6, 6.07) is 1.87. The second kappa shape index (κ2) is 9.88. The third kappa shape index (κ3) is 4.86. The van der Waals surface area contributed by atoms with E-state index in [4.69, 9.17) is 0 Å². The highest BCUT2D eigenvalue weighted by Crippen LogP contribution is 2.36. The Bertz CT molecular complexity index is 1180. The van der Waals surface area contributed by atoms with Gasteiger partial charge in [-0.1, -0.05) is 13.3 Å². The van der Waals surface area contributed by atoms with E-state index in [0.29, 0.717) is 43.3 Å². The van der Waals surface area contributed by atoms with E-state index >= 15 is 0 Å². The molecule has 188 valence electrons. The van der Waals surface area contributed by atoms with Crippen LogP contribution >= 0.6 is 0 Å². The number of amides is 1. The fraction of sp³-hybridized carbons (Fsp3) is 0.583. The van der Waals surface area contributed by atoms with Crippen LogP contribution in [0.1, 0.15) is 80.4 Å². The molecule has 11 heteroatoms. The summed E-state index contributed by atoms with van der Waals surface area (Å²) in [5.41, 5.74) is 0.131. The number of aromatic nitrogens is 5. The van der Waals surface area contributed by atoms with Gasteiger partial charge in [0.2, 0.25) is 0 Å². The molecule has 9 nitrogen and oxygen atoms in total. The highest BCUT2D eigenvalue weighted by Gasteiger charge is 2.27. The van der Waals surface area contributed by atoms with E-state index in [9.17, 15) is 18.7 Å². The molecular weight excluding hydrogens is 456 g/mol. The van der Waals surface area contributed by atoms with Crippen molar-refractivity contribution in [1.82, 2.24) is 24.4 Å². The number of halogens is 2. The molecule has 0 spiro atoms. The molecule has 4 heterocycles. The normalized spacial score (nSPS) is 21.7. The van der Waals surface area contributed by atoms with Crippen LogP contribution in [-0.2, 0) is 0 Å². The number of aliphatic hydroxyl groups excluding tert-OH is 1. The maximum absolute atomic E-state index is 13.8. The van der Waals surface area contributed by atoms with E-state index in [1.807, 2.05) is 11.0 Å². The molecule has 2 N–H and O–H groups in total. The zero-order chi connectivity index (χ0) is 24.5. The summed E-state index contributed by atoms with van der Waals surface area (Å²) in [4.78, 5) is 19.8. The maximum atomic E-state index is 13.8. The van der Waals surface area contributed by atoms with E-state index in [1.54, 1.807) is 10.9 Å². The van der Waals surface area contributed by atoms with Crippen LogP contribution in [-0.4, -0.2) is 54.6 Å². The molecule has 0 bridgehead atoms. The minimum absolute atomic E-state index is 0.0168. The van der Waals surface area contributed by atoms with Crippen LogP contribution < -0.4 is 10.2 Å². The highest BCUT2D eigenvalue weighted by molar-refractivity contribution is 6.08. The SMILES string of the molecule is CCC1CCC(n2cc(NC(=O)c3cnn4ccc(N5CCC(O)CC5)nc34)c(C(F)F)n2)CC1. The lowest BCUT2D eigenvalue weighted by molar-refractivity contribution is 0.102. The smallest absolute Gasteiger partial charge is 0.284 e. The largest absolute Gasteiger partial charge is 0.393 e. The first-order chi connectivity index (χ1) is 16.9. The molecule has 1 aliphatic heterocycles. The number of aliphatic hydroxyl groups is 1. The number of carbonyl (C=O) groups excluding carboxylic acids is 1. The van der Waals surface area contributed by atoms with E-state index in [-0.39, 0.29) is 23.4 Å².